The van der Waals surface area contributed by atoms with E-state index >= 15 is 0 Å². The van der Waals surface area contributed by atoms with Gasteiger partial charge in [0.25, 0.3) is 0 Å². The zero-order chi connectivity index (χ0) is 12.3. The van der Waals surface area contributed by atoms with Crippen LogP contribution in [0.2, 0.25) is 0 Å². The molecular weight excluding hydrogens is 232 g/mol. The average molecular weight is 248 g/mol. The number of rotatable bonds is 4. The van der Waals surface area contributed by atoms with Gasteiger partial charge in [-0.3, -0.25) is 4.68 Å². The summed E-state index contributed by atoms with van der Waals surface area (Å²) in [6.07, 6.45) is 1.69. The van der Waals surface area contributed by atoms with Gasteiger partial charge in [0.2, 0.25) is 0 Å². The Hall–Kier alpha value is -1.49. The van der Waals surface area contributed by atoms with Crippen LogP contribution in [0.5, 0.6) is 0 Å². The summed E-state index contributed by atoms with van der Waals surface area (Å²) in [6.45, 7) is 5.02. The molecule has 0 unspecified atom stereocenters. The van der Waals surface area contributed by atoms with Crippen molar-refractivity contribution in [2.45, 2.75) is 31.2 Å². The molecule has 0 aromatic carbocycles. The van der Waals surface area contributed by atoms with Crippen LogP contribution in [0.15, 0.2) is 29.4 Å². The Morgan fingerprint density at radius 2 is 2.24 bits per heavy atom. The van der Waals surface area contributed by atoms with Crippen molar-refractivity contribution in [3.05, 3.63) is 35.8 Å². The molecular formula is C12H16N4S. The first-order valence-corrected chi connectivity index (χ1v) is 6.55. The fourth-order valence-electron chi connectivity index (χ4n) is 1.61. The minimum absolute atomic E-state index is 0.698. The number of nitrogens with zero attached hydrogens (tertiary/aromatic N) is 3. The van der Waals surface area contributed by atoms with Crippen LogP contribution in [0.4, 0.5) is 5.69 Å². The predicted molar refractivity (Wildman–Crippen MR) is 70.8 cm³/mol. The number of thioether (sulfide) groups is 1. The summed E-state index contributed by atoms with van der Waals surface area (Å²) < 4.78 is 2.03. The first-order valence-electron chi connectivity index (χ1n) is 5.56. The lowest BCUT2D eigenvalue weighted by molar-refractivity contribution is 0.632. The molecule has 2 heterocycles. The normalized spacial score (nSPS) is 10.7. The molecule has 0 saturated carbocycles. The number of hydrogen-bond acceptors (Lipinski definition) is 4. The summed E-state index contributed by atoms with van der Waals surface area (Å²) in [4.78, 5) is 4.26. The van der Waals surface area contributed by atoms with Gasteiger partial charge in [0.15, 0.2) is 0 Å². The summed E-state index contributed by atoms with van der Waals surface area (Å²) in [5.74, 6) is 0.881. The Kier molecular flexibility index (Phi) is 3.68. The Morgan fingerprint density at radius 3 is 2.88 bits per heavy atom. The number of anilines is 1. The second-order valence-electron chi connectivity index (χ2n) is 3.81. The monoisotopic (exact) mass is 248 g/mol. The summed E-state index contributed by atoms with van der Waals surface area (Å²) >= 11 is 1.70. The Bertz CT molecular complexity index is 490. The average Bonchev–Trinajstić information content (AvgIpc) is 2.69. The lowest BCUT2D eigenvalue weighted by Gasteiger charge is -2.04. The van der Waals surface area contributed by atoms with Gasteiger partial charge in [-0.15, -0.1) is 11.8 Å². The molecule has 0 aliphatic rings. The zero-order valence-electron chi connectivity index (χ0n) is 10.1. The second-order valence-corrected chi connectivity index (χ2v) is 4.81. The summed E-state index contributed by atoms with van der Waals surface area (Å²) in [5, 5.41) is 5.41. The number of nitrogen functional groups attached to an aromatic ring is 1. The van der Waals surface area contributed by atoms with Gasteiger partial charge in [-0.05, 0) is 32.0 Å². The molecule has 4 nitrogen and oxygen atoms in total. The van der Waals surface area contributed by atoms with Crippen LogP contribution < -0.4 is 5.73 Å². The topological polar surface area (TPSA) is 56.7 Å². The minimum atomic E-state index is 0.698. The van der Waals surface area contributed by atoms with E-state index in [1.165, 1.54) is 5.69 Å². The van der Waals surface area contributed by atoms with Crippen LogP contribution in [-0.2, 0) is 12.3 Å². The molecule has 0 spiro atoms. The van der Waals surface area contributed by atoms with Gasteiger partial charge in [-0.1, -0.05) is 0 Å². The molecule has 2 aromatic heterocycles. The number of aryl methyl sites for hydroxylation is 2. The van der Waals surface area contributed by atoms with E-state index in [4.69, 9.17) is 5.73 Å². The van der Waals surface area contributed by atoms with Crippen LogP contribution in [0.3, 0.4) is 0 Å². The van der Waals surface area contributed by atoms with Gasteiger partial charge in [-0.2, -0.15) is 5.10 Å². The molecule has 17 heavy (non-hydrogen) atoms. The summed E-state index contributed by atoms with van der Waals surface area (Å²) in [7, 11) is 0. The Balaban J connectivity index is 2.04. The maximum absolute atomic E-state index is 5.60. The molecule has 0 amide bonds. The lowest BCUT2D eigenvalue weighted by atomic mass is 10.4. The molecule has 2 N–H and O–H groups in total. The molecule has 90 valence electrons. The fraction of sp³-hybridized carbons (Fsp3) is 0.333. The molecule has 0 fully saturated rings. The molecule has 0 radical (unpaired) electrons. The summed E-state index contributed by atoms with van der Waals surface area (Å²) in [6, 6.07) is 5.94. The predicted octanol–water partition coefficient (Wildman–Crippen LogP) is 2.48. The summed E-state index contributed by atoms with van der Waals surface area (Å²) in [5.41, 5.74) is 8.59. The Labute approximate surface area is 105 Å². The van der Waals surface area contributed by atoms with Crippen molar-refractivity contribution < 1.29 is 0 Å². The number of aromatic nitrogens is 3. The van der Waals surface area contributed by atoms with E-state index in [9.17, 15) is 0 Å². The molecule has 0 atom stereocenters. The van der Waals surface area contributed by atoms with Gasteiger partial charge >= 0.3 is 0 Å². The van der Waals surface area contributed by atoms with Crippen LogP contribution in [-0.4, -0.2) is 14.8 Å². The maximum atomic E-state index is 5.60. The van der Waals surface area contributed by atoms with Gasteiger partial charge < -0.3 is 5.73 Å². The van der Waals surface area contributed by atoms with Crippen molar-refractivity contribution >= 4 is 17.4 Å². The molecule has 0 saturated heterocycles. The van der Waals surface area contributed by atoms with E-state index in [0.717, 1.165) is 23.0 Å². The van der Waals surface area contributed by atoms with E-state index < -0.39 is 0 Å². The molecule has 2 rings (SSSR count). The quantitative estimate of drug-likeness (QED) is 0.845. The van der Waals surface area contributed by atoms with Crippen LogP contribution in [0, 0.1) is 6.92 Å². The third kappa shape index (κ3) is 3.00. The molecule has 0 aliphatic heterocycles. The van der Waals surface area contributed by atoms with Crippen molar-refractivity contribution in [3.8, 4) is 0 Å². The lowest BCUT2D eigenvalue weighted by Crippen LogP contribution is -2.01. The second kappa shape index (κ2) is 5.23. The van der Waals surface area contributed by atoms with E-state index in [2.05, 4.69) is 23.1 Å². The zero-order valence-corrected chi connectivity index (χ0v) is 10.9. The highest BCUT2D eigenvalue weighted by atomic mass is 32.2. The van der Waals surface area contributed by atoms with E-state index in [1.807, 2.05) is 23.7 Å². The maximum Gasteiger partial charge on any atom is 0.0965 e. The van der Waals surface area contributed by atoms with Crippen molar-refractivity contribution in [2.24, 2.45) is 0 Å². The molecule has 2 aromatic rings. The third-order valence-electron chi connectivity index (χ3n) is 2.41. The number of nitrogens with two attached hydrogens (primary N) is 1. The van der Waals surface area contributed by atoms with E-state index in [0.29, 0.717) is 5.69 Å². The first-order chi connectivity index (χ1) is 8.19. The fourth-order valence-corrected chi connectivity index (χ4v) is 2.43. The molecule has 0 aliphatic carbocycles. The van der Waals surface area contributed by atoms with Crippen LogP contribution in [0.25, 0.3) is 0 Å². The molecule has 5 heteroatoms. The number of pyridine rings is 1. The smallest absolute Gasteiger partial charge is 0.0965 e. The minimum Gasteiger partial charge on any atom is -0.397 e. The van der Waals surface area contributed by atoms with Gasteiger partial charge in [0, 0.05) is 18.0 Å². The van der Waals surface area contributed by atoms with Gasteiger partial charge in [-0.25, -0.2) is 4.98 Å². The van der Waals surface area contributed by atoms with Crippen molar-refractivity contribution in [1.82, 2.24) is 14.8 Å². The standard InChI is InChI=1S/C12H16N4S/c1-3-16-11(6-9(2)15-16)8-17-12-5-4-10(13)7-14-12/h4-7H,3,8,13H2,1-2H3. The van der Waals surface area contributed by atoms with Gasteiger partial charge in [0.1, 0.15) is 0 Å². The van der Waals surface area contributed by atoms with Crippen LogP contribution >= 0.6 is 11.8 Å². The number of hydrogen-bond donors (Lipinski definition) is 1. The Morgan fingerprint density at radius 1 is 1.41 bits per heavy atom. The van der Waals surface area contributed by atoms with Crippen molar-refractivity contribution in [3.63, 3.8) is 0 Å². The SMILES string of the molecule is CCn1nc(C)cc1CSc1ccc(N)cn1. The van der Waals surface area contributed by atoms with Crippen LogP contribution in [0.1, 0.15) is 18.3 Å². The van der Waals surface area contributed by atoms with E-state index in [-0.39, 0.29) is 0 Å². The first kappa shape index (κ1) is 12.0. The molecule has 0 bridgehead atoms. The highest BCUT2D eigenvalue weighted by Gasteiger charge is 2.05. The van der Waals surface area contributed by atoms with Crippen molar-refractivity contribution in [1.29, 1.82) is 0 Å². The highest BCUT2D eigenvalue weighted by molar-refractivity contribution is 7.98. The van der Waals surface area contributed by atoms with Crippen molar-refractivity contribution in [2.75, 3.05) is 5.73 Å². The highest BCUT2D eigenvalue weighted by Crippen LogP contribution is 2.21. The van der Waals surface area contributed by atoms with E-state index in [1.54, 1.807) is 18.0 Å². The van der Waals surface area contributed by atoms with Gasteiger partial charge in [0.05, 0.1) is 22.6 Å². The largest absolute Gasteiger partial charge is 0.397 e. The third-order valence-corrected chi connectivity index (χ3v) is 3.39.